The zero-order valence-corrected chi connectivity index (χ0v) is 19.6. The molecule has 0 heterocycles. The lowest BCUT2D eigenvalue weighted by molar-refractivity contribution is 0.280. The summed E-state index contributed by atoms with van der Waals surface area (Å²) in [5.41, 5.74) is 3.36. The van der Waals surface area contributed by atoms with Crippen LogP contribution in [0.2, 0.25) is 0 Å². The van der Waals surface area contributed by atoms with Gasteiger partial charge >= 0.3 is 0 Å². The molecule has 0 saturated carbocycles. The smallest absolute Gasteiger partial charge is 0.166 e. The van der Waals surface area contributed by atoms with Crippen LogP contribution in [0.5, 0.6) is 17.2 Å². The molecule has 0 aromatic heterocycles. The van der Waals surface area contributed by atoms with Gasteiger partial charge in [-0.05, 0) is 42.3 Å². The number of hydrogen-bond acceptors (Lipinski definition) is 4. The summed E-state index contributed by atoms with van der Waals surface area (Å²) in [5.74, 6) is 2.41. The van der Waals surface area contributed by atoms with Crippen LogP contribution in [-0.4, -0.2) is 20.8 Å². The molecule has 3 aromatic rings. The van der Waals surface area contributed by atoms with Crippen molar-refractivity contribution in [3.8, 4) is 17.2 Å². The molecule has 0 aliphatic carbocycles. The van der Waals surface area contributed by atoms with Crippen molar-refractivity contribution in [3.05, 3.63) is 87.9 Å². The molecule has 3 rings (SSSR count). The fourth-order valence-corrected chi connectivity index (χ4v) is 3.64. The Balaban J connectivity index is 0.00000320. The predicted molar refractivity (Wildman–Crippen MR) is 127 cm³/mol. The topological polar surface area (TPSA) is 39.7 Å². The van der Waals surface area contributed by atoms with Gasteiger partial charge < -0.3 is 19.5 Å². The second-order valence-electron chi connectivity index (χ2n) is 6.61. The van der Waals surface area contributed by atoms with E-state index in [0.29, 0.717) is 13.2 Å². The molecule has 0 radical (unpaired) electrons. The van der Waals surface area contributed by atoms with Crippen molar-refractivity contribution in [2.24, 2.45) is 0 Å². The summed E-state index contributed by atoms with van der Waals surface area (Å²) in [7, 11) is 3.37. The minimum atomic E-state index is 0. The van der Waals surface area contributed by atoms with Gasteiger partial charge in [0.05, 0.1) is 14.2 Å². The molecular weight excluding hydrogens is 466 g/mol. The minimum Gasteiger partial charge on any atom is -0.496 e. The number of benzene rings is 3. The first kappa shape index (κ1) is 24.1. The monoisotopic (exact) mass is 491 g/mol. The van der Waals surface area contributed by atoms with Crippen LogP contribution < -0.4 is 19.5 Å². The Bertz CT molecular complexity index is 922. The summed E-state index contributed by atoms with van der Waals surface area (Å²) in [5, 5.41) is 3.51. The predicted octanol–water partition coefficient (Wildman–Crippen LogP) is 5.80. The summed E-state index contributed by atoms with van der Waals surface area (Å²) < 4.78 is 18.1. The van der Waals surface area contributed by atoms with Crippen molar-refractivity contribution in [2.75, 3.05) is 20.8 Å². The Labute approximate surface area is 193 Å². The van der Waals surface area contributed by atoms with Crippen LogP contribution in [0, 0.1) is 0 Å². The van der Waals surface area contributed by atoms with Gasteiger partial charge in [0.2, 0.25) is 0 Å². The summed E-state index contributed by atoms with van der Waals surface area (Å²) >= 11 is 3.57. The van der Waals surface area contributed by atoms with Gasteiger partial charge in [0.1, 0.15) is 12.4 Å². The van der Waals surface area contributed by atoms with E-state index in [-0.39, 0.29) is 12.4 Å². The third-order valence-electron chi connectivity index (χ3n) is 4.62. The highest BCUT2D eigenvalue weighted by molar-refractivity contribution is 9.10. The highest BCUT2D eigenvalue weighted by atomic mass is 79.9. The fraction of sp³-hybridized carbons (Fsp3) is 0.250. The highest BCUT2D eigenvalue weighted by Gasteiger charge is 2.13. The molecule has 160 valence electrons. The van der Waals surface area contributed by atoms with E-state index < -0.39 is 0 Å². The second-order valence-corrected chi connectivity index (χ2v) is 7.52. The van der Waals surface area contributed by atoms with E-state index in [1.165, 1.54) is 5.56 Å². The molecule has 0 amide bonds. The maximum atomic E-state index is 6.15. The summed E-state index contributed by atoms with van der Waals surface area (Å²) in [6.45, 7) is 2.00. The van der Waals surface area contributed by atoms with Crippen LogP contribution in [0.3, 0.4) is 0 Å². The largest absolute Gasteiger partial charge is 0.496 e. The lowest BCUT2D eigenvalue weighted by atomic mass is 10.1. The van der Waals surface area contributed by atoms with Crippen molar-refractivity contribution in [2.45, 2.75) is 19.6 Å². The Morgan fingerprint density at radius 3 is 2.27 bits per heavy atom. The number of ether oxygens (including phenoxy) is 3. The van der Waals surface area contributed by atoms with E-state index in [2.05, 4.69) is 45.5 Å². The zero-order chi connectivity index (χ0) is 20.5. The van der Waals surface area contributed by atoms with Crippen molar-refractivity contribution in [3.63, 3.8) is 0 Å². The maximum Gasteiger partial charge on any atom is 0.166 e. The van der Waals surface area contributed by atoms with Gasteiger partial charge in [-0.1, -0.05) is 64.5 Å². The van der Waals surface area contributed by atoms with Gasteiger partial charge in [-0.25, -0.2) is 0 Å². The molecular formula is C24H27BrClNO3. The standard InChI is InChI=1S/C24H26BrNO3.ClH/c1-27-22-11-7-6-10-19(22)12-13-26-16-20-14-21(25)15-23(28-2)24(20)29-17-18-8-4-3-5-9-18;/h3-11,14-15,26H,12-13,16-17H2,1-2H3;1H. The van der Waals surface area contributed by atoms with Crippen LogP contribution in [0.4, 0.5) is 0 Å². The Morgan fingerprint density at radius 2 is 1.53 bits per heavy atom. The zero-order valence-electron chi connectivity index (χ0n) is 17.2. The average molecular weight is 493 g/mol. The molecule has 0 aliphatic rings. The van der Waals surface area contributed by atoms with Gasteiger partial charge in [-0.15, -0.1) is 12.4 Å². The van der Waals surface area contributed by atoms with E-state index in [4.69, 9.17) is 14.2 Å². The van der Waals surface area contributed by atoms with E-state index >= 15 is 0 Å². The van der Waals surface area contributed by atoms with Gasteiger partial charge in [0, 0.05) is 16.6 Å². The Kier molecular flexibility index (Phi) is 10.0. The lowest BCUT2D eigenvalue weighted by Gasteiger charge is -2.17. The van der Waals surface area contributed by atoms with Crippen molar-refractivity contribution in [1.29, 1.82) is 0 Å². The molecule has 30 heavy (non-hydrogen) atoms. The highest BCUT2D eigenvalue weighted by Crippen LogP contribution is 2.35. The van der Waals surface area contributed by atoms with Gasteiger partial charge in [-0.3, -0.25) is 0 Å². The van der Waals surface area contributed by atoms with Crippen molar-refractivity contribution < 1.29 is 14.2 Å². The average Bonchev–Trinajstić information content (AvgIpc) is 2.76. The normalized spacial score (nSPS) is 10.2. The van der Waals surface area contributed by atoms with E-state index in [0.717, 1.165) is 45.8 Å². The fourth-order valence-electron chi connectivity index (χ4n) is 3.15. The molecule has 0 bridgehead atoms. The van der Waals surface area contributed by atoms with Crippen LogP contribution in [-0.2, 0) is 19.6 Å². The molecule has 0 atom stereocenters. The number of nitrogens with one attached hydrogen (secondary N) is 1. The lowest BCUT2D eigenvalue weighted by Crippen LogP contribution is -2.18. The van der Waals surface area contributed by atoms with Crippen LogP contribution >= 0.6 is 28.3 Å². The number of hydrogen-bond donors (Lipinski definition) is 1. The molecule has 3 aromatic carbocycles. The van der Waals surface area contributed by atoms with Gasteiger partial charge in [0.15, 0.2) is 11.5 Å². The van der Waals surface area contributed by atoms with E-state index in [9.17, 15) is 0 Å². The quantitative estimate of drug-likeness (QED) is 0.363. The third kappa shape index (κ3) is 6.66. The van der Waals surface area contributed by atoms with Crippen molar-refractivity contribution >= 4 is 28.3 Å². The number of rotatable bonds is 10. The van der Waals surface area contributed by atoms with Gasteiger partial charge in [0.25, 0.3) is 0 Å². The van der Waals surface area contributed by atoms with E-state index in [1.807, 2.05) is 42.5 Å². The minimum absolute atomic E-state index is 0. The molecule has 6 heteroatoms. The van der Waals surface area contributed by atoms with Crippen molar-refractivity contribution in [1.82, 2.24) is 5.32 Å². The molecule has 0 fully saturated rings. The molecule has 4 nitrogen and oxygen atoms in total. The van der Waals surface area contributed by atoms with E-state index in [1.54, 1.807) is 14.2 Å². The second kappa shape index (κ2) is 12.5. The molecule has 1 N–H and O–H groups in total. The SMILES string of the molecule is COc1ccccc1CCNCc1cc(Br)cc(OC)c1OCc1ccccc1.Cl. The Hall–Kier alpha value is -2.21. The summed E-state index contributed by atoms with van der Waals surface area (Å²) in [6.07, 6.45) is 0.884. The molecule has 0 saturated heterocycles. The first-order chi connectivity index (χ1) is 14.2. The maximum absolute atomic E-state index is 6.15. The number of para-hydroxylation sites is 1. The number of halogens is 2. The summed E-state index contributed by atoms with van der Waals surface area (Å²) in [4.78, 5) is 0. The molecule has 0 unspecified atom stereocenters. The van der Waals surface area contributed by atoms with Gasteiger partial charge in [-0.2, -0.15) is 0 Å². The molecule has 0 aliphatic heterocycles. The summed E-state index contributed by atoms with van der Waals surface area (Å²) in [6, 6.07) is 22.2. The van der Waals surface area contributed by atoms with Crippen LogP contribution in [0.25, 0.3) is 0 Å². The first-order valence-corrected chi connectivity index (χ1v) is 10.4. The van der Waals surface area contributed by atoms with Crippen LogP contribution in [0.15, 0.2) is 71.2 Å². The number of methoxy groups -OCH3 is 2. The van der Waals surface area contributed by atoms with Crippen LogP contribution in [0.1, 0.15) is 16.7 Å². The Morgan fingerprint density at radius 1 is 0.833 bits per heavy atom. The molecule has 0 spiro atoms. The first-order valence-electron chi connectivity index (χ1n) is 9.57. The third-order valence-corrected chi connectivity index (χ3v) is 5.08.